The van der Waals surface area contributed by atoms with Crippen molar-refractivity contribution in [2.24, 2.45) is 0 Å². The van der Waals surface area contributed by atoms with Gasteiger partial charge >= 0.3 is 0 Å². The molecule has 3 rings (SSSR count). The highest BCUT2D eigenvalue weighted by atomic mass is 16.6. The summed E-state index contributed by atoms with van der Waals surface area (Å²) in [5.41, 5.74) is 1.10. The summed E-state index contributed by atoms with van der Waals surface area (Å²) in [6, 6.07) is 8.73. The third-order valence-electron chi connectivity index (χ3n) is 4.98. The minimum atomic E-state index is -0.703. The Morgan fingerprint density at radius 3 is 2.58 bits per heavy atom. The highest BCUT2D eigenvalue weighted by Crippen LogP contribution is 2.34. The predicted molar refractivity (Wildman–Crippen MR) is 116 cm³/mol. The minimum absolute atomic E-state index is 0.0489. The number of nitrogens with zero attached hydrogens (tertiary/aromatic N) is 2. The van der Waals surface area contributed by atoms with Gasteiger partial charge in [-0.25, -0.2) is 0 Å². The number of ether oxygens (including phenoxy) is 2. The lowest BCUT2D eigenvalue weighted by Gasteiger charge is -2.21. The number of nitro benzene ring substituents is 1. The summed E-state index contributed by atoms with van der Waals surface area (Å²) < 4.78 is 10.4. The summed E-state index contributed by atoms with van der Waals surface area (Å²) in [5, 5.41) is 16.9. The smallest absolute Gasteiger partial charge is 0.296 e. The van der Waals surface area contributed by atoms with Crippen molar-refractivity contribution >= 4 is 34.6 Å². The van der Waals surface area contributed by atoms with E-state index in [2.05, 4.69) is 10.6 Å². The second-order valence-corrected chi connectivity index (χ2v) is 7.03. The highest BCUT2D eigenvalue weighted by molar-refractivity contribution is 5.99. The Morgan fingerprint density at radius 1 is 1.19 bits per heavy atom. The van der Waals surface area contributed by atoms with E-state index in [0.29, 0.717) is 35.8 Å². The van der Waals surface area contributed by atoms with Gasteiger partial charge in [-0.15, -0.1) is 0 Å². The van der Waals surface area contributed by atoms with Gasteiger partial charge in [-0.3, -0.25) is 19.7 Å². The predicted octanol–water partition coefficient (Wildman–Crippen LogP) is 3.18. The van der Waals surface area contributed by atoms with Gasteiger partial charge in [0.05, 0.1) is 30.9 Å². The SMILES string of the molecule is COc1ccc(NC(=O)[C@H](C)Nc2ccc(N3CCCC3=O)c(OC)c2)c([N+](=O)[O-])c1. The van der Waals surface area contributed by atoms with Crippen LogP contribution in [0.5, 0.6) is 11.5 Å². The van der Waals surface area contributed by atoms with Crippen molar-refractivity contribution in [1.82, 2.24) is 0 Å². The molecular weight excluding hydrogens is 404 g/mol. The van der Waals surface area contributed by atoms with E-state index < -0.39 is 16.9 Å². The molecule has 0 spiro atoms. The van der Waals surface area contributed by atoms with Gasteiger partial charge in [0.1, 0.15) is 23.2 Å². The topological polar surface area (TPSA) is 123 Å². The maximum absolute atomic E-state index is 12.6. The lowest BCUT2D eigenvalue weighted by atomic mass is 10.2. The number of hydrogen-bond donors (Lipinski definition) is 2. The fraction of sp³-hybridized carbons (Fsp3) is 0.333. The number of methoxy groups -OCH3 is 2. The summed E-state index contributed by atoms with van der Waals surface area (Å²) >= 11 is 0. The minimum Gasteiger partial charge on any atom is -0.496 e. The molecule has 1 aliphatic heterocycles. The monoisotopic (exact) mass is 428 g/mol. The number of anilines is 3. The summed E-state index contributed by atoms with van der Waals surface area (Å²) in [4.78, 5) is 37.0. The Hall–Kier alpha value is -3.82. The van der Waals surface area contributed by atoms with E-state index in [4.69, 9.17) is 9.47 Å². The first-order chi connectivity index (χ1) is 14.8. The molecule has 0 aromatic heterocycles. The molecule has 2 aromatic carbocycles. The quantitative estimate of drug-likeness (QED) is 0.489. The molecule has 1 saturated heterocycles. The van der Waals surface area contributed by atoms with Crippen LogP contribution in [0.4, 0.5) is 22.7 Å². The van der Waals surface area contributed by atoms with Gasteiger partial charge in [0.25, 0.3) is 5.69 Å². The van der Waals surface area contributed by atoms with E-state index in [1.165, 1.54) is 32.4 Å². The Labute approximate surface area is 179 Å². The number of hydrogen-bond acceptors (Lipinski definition) is 7. The van der Waals surface area contributed by atoms with Crippen LogP contribution in [-0.2, 0) is 9.59 Å². The first-order valence-corrected chi connectivity index (χ1v) is 9.72. The van der Waals surface area contributed by atoms with E-state index in [0.717, 1.165) is 6.42 Å². The molecule has 31 heavy (non-hydrogen) atoms. The van der Waals surface area contributed by atoms with Crippen LogP contribution < -0.4 is 25.0 Å². The summed E-state index contributed by atoms with van der Waals surface area (Å²) in [5.74, 6) is 0.428. The second-order valence-electron chi connectivity index (χ2n) is 7.03. The van der Waals surface area contributed by atoms with Crippen molar-refractivity contribution in [2.75, 3.05) is 36.3 Å². The van der Waals surface area contributed by atoms with Gasteiger partial charge in [0.15, 0.2) is 0 Å². The van der Waals surface area contributed by atoms with Crippen LogP contribution in [0.3, 0.4) is 0 Å². The summed E-state index contributed by atoms with van der Waals surface area (Å²) in [6.07, 6.45) is 1.31. The van der Waals surface area contributed by atoms with Crippen molar-refractivity contribution in [2.45, 2.75) is 25.8 Å². The fourth-order valence-corrected chi connectivity index (χ4v) is 3.34. The maximum Gasteiger partial charge on any atom is 0.296 e. The molecule has 0 saturated carbocycles. The van der Waals surface area contributed by atoms with Gasteiger partial charge in [-0.2, -0.15) is 0 Å². The van der Waals surface area contributed by atoms with Crippen molar-refractivity contribution in [3.63, 3.8) is 0 Å². The molecule has 0 bridgehead atoms. The van der Waals surface area contributed by atoms with Crippen molar-refractivity contribution in [3.05, 3.63) is 46.5 Å². The number of carbonyl (C=O) groups is 2. The van der Waals surface area contributed by atoms with Gasteiger partial charge in [0, 0.05) is 24.7 Å². The number of rotatable bonds is 8. The summed E-state index contributed by atoms with van der Waals surface area (Å²) in [7, 11) is 2.92. The molecule has 10 nitrogen and oxygen atoms in total. The second kappa shape index (κ2) is 9.33. The van der Waals surface area contributed by atoms with Gasteiger partial charge in [-0.05, 0) is 37.6 Å². The molecule has 1 atom stereocenters. The third kappa shape index (κ3) is 4.85. The van der Waals surface area contributed by atoms with Crippen LogP contribution in [0.25, 0.3) is 0 Å². The lowest BCUT2D eigenvalue weighted by Crippen LogP contribution is -2.32. The molecule has 0 aliphatic carbocycles. The van der Waals surface area contributed by atoms with Gasteiger partial charge in [0.2, 0.25) is 11.8 Å². The standard InChI is InChI=1S/C21H24N4O6/c1-13(21(27)23-16-8-7-15(30-2)12-18(16)25(28)29)22-14-6-9-17(19(11-14)31-3)24-10-4-5-20(24)26/h6-9,11-13,22H,4-5,10H2,1-3H3,(H,23,27)/t13-/m0/s1. The summed E-state index contributed by atoms with van der Waals surface area (Å²) in [6.45, 7) is 2.27. The normalized spacial score (nSPS) is 14.2. The Kier molecular flexibility index (Phi) is 6.58. The lowest BCUT2D eigenvalue weighted by molar-refractivity contribution is -0.384. The average Bonchev–Trinajstić information content (AvgIpc) is 3.19. The molecule has 164 valence electrons. The maximum atomic E-state index is 12.6. The Bertz CT molecular complexity index is 1010. The van der Waals surface area contributed by atoms with Crippen LogP contribution in [0, 0.1) is 10.1 Å². The third-order valence-corrected chi connectivity index (χ3v) is 4.98. The van der Waals surface area contributed by atoms with Crippen molar-refractivity contribution in [3.8, 4) is 11.5 Å². The highest BCUT2D eigenvalue weighted by Gasteiger charge is 2.25. The number of benzene rings is 2. The zero-order valence-corrected chi connectivity index (χ0v) is 17.5. The number of nitro groups is 1. The fourth-order valence-electron chi connectivity index (χ4n) is 3.34. The number of amides is 2. The largest absolute Gasteiger partial charge is 0.496 e. The van der Waals surface area contributed by atoms with Crippen LogP contribution in [0.15, 0.2) is 36.4 Å². The zero-order valence-electron chi connectivity index (χ0n) is 17.5. The molecular formula is C21H24N4O6. The molecule has 2 N–H and O–H groups in total. The van der Waals surface area contributed by atoms with Crippen LogP contribution >= 0.6 is 0 Å². The molecule has 10 heteroatoms. The van der Waals surface area contributed by atoms with E-state index in [-0.39, 0.29) is 17.3 Å². The van der Waals surface area contributed by atoms with Gasteiger partial charge in [-0.1, -0.05) is 0 Å². The van der Waals surface area contributed by atoms with E-state index in [9.17, 15) is 19.7 Å². The average molecular weight is 428 g/mol. The van der Waals surface area contributed by atoms with Gasteiger partial charge < -0.3 is 25.0 Å². The Balaban J connectivity index is 1.73. The number of nitrogens with one attached hydrogen (secondary N) is 2. The molecule has 1 fully saturated rings. The first-order valence-electron chi connectivity index (χ1n) is 9.72. The molecule has 1 aliphatic rings. The van der Waals surface area contributed by atoms with Crippen LogP contribution in [0.2, 0.25) is 0 Å². The van der Waals surface area contributed by atoms with E-state index in [1.54, 1.807) is 30.0 Å². The van der Waals surface area contributed by atoms with Crippen LogP contribution in [-0.4, -0.2) is 43.5 Å². The molecule has 1 heterocycles. The molecule has 2 amide bonds. The van der Waals surface area contributed by atoms with E-state index in [1.807, 2.05) is 0 Å². The Morgan fingerprint density at radius 2 is 1.97 bits per heavy atom. The molecule has 2 aromatic rings. The molecule has 0 radical (unpaired) electrons. The van der Waals surface area contributed by atoms with Crippen molar-refractivity contribution < 1.29 is 24.0 Å². The first kappa shape index (κ1) is 21.9. The zero-order chi connectivity index (χ0) is 22.5. The van der Waals surface area contributed by atoms with Crippen molar-refractivity contribution in [1.29, 1.82) is 0 Å². The molecule has 0 unspecified atom stereocenters. The number of carbonyl (C=O) groups excluding carboxylic acids is 2. The van der Waals surface area contributed by atoms with E-state index >= 15 is 0 Å². The van der Waals surface area contributed by atoms with Crippen LogP contribution in [0.1, 0.15) is 19.8 Å².